The lowest BCUT2D eigenvalue weighted by Gasteiger charge is -2.10. The minimum Gasteiger partial charge on any atom is -0.383 e. The van der Waals surface area contributed by atoms with E-state index in [0.717, 1.165) is 6.42 Å². The Morgan fingerprint density at radius 1 is 1.60 bits per heavy atom. The summed E-state index contributed by atoms with van der Waals surface area (Å²) in [5.41, 5.74) is 3.97. The number of hydrogen-bond donors (Lipinski definition) is 1. The summed E-state index contributed by atoms with van der Waals surface area (Å²) >= 11 is 3.62. The fraction of sp³-hybridized carbons (Fsp3) is 0.500. The lowest BCUT2D eigenvalue weighted by molar-refractivity contribution is 0.201. The number of nitrogens with one attached hydrogen (secondary N) is 1. The molecule has 0 aliphatic carbocycles. The minimum atomic E-state index is 0.283. The number of methoxy groups -OCH3 is 1. The first-order valence-electron chi connectivity index (χ1n) is 5.23. The zero-order valence-electron chi connectivity index (χ0n) is 9.09. The summed E-state index contributed by atoms with van der Waals surface area (Å²) in [7, 11) is 1.72. The molecule has 1 aliphatic rings. The largest absolute Gasteiger partial charge is 0.383 e. The van der Waals surface area contributed by atoms with Crippen LogP contribution < -0.4 is 5.32 Å². The maximum absolute atomic E-state index is 5.13. The van der Waals surface area contributed by atoms with Gasteiger partial charge in [0, 0.05) is 18.8 Å². The smallest absolute Gasteiger partial charge is 0.0629 e. The highest BCUT2D eigenvalue weighted by molar-refractivity contribution is 9.09. The van der Waals surface area contributed by atoms with Crippen LogP contribution in [-0.4, -0.2) is 19.8 Å². The molecule has 0 amide bonds. The van der Waals surface area contributed by atoms with E-state index in [2.05, 4.69) is 46.4 Å². The van der Waals surface area contributed by atoms with E-state index in [9.17, 15) is 0 Å². The van der Waals surface area contributed by atoms with Gasteiger partial charge in [-0.1, -0.05) is 28.1 Å². The standard InChI is InChI=1S/C12H16BrNO/c1-8-5-10-4-3-9(6-12(10)14-8)11(13)7-15-2/h3-4,6,8,11,14H,5,7H2,1-2H3. The molecule has 0 saturated carbocycles. The maximum Gasteiger partial charge on any atom is 0.0629 e. The molecule has 0 radical (unpaired) electrons. The molecule has 2 atom stereocenters. The van der Waals surface area contributed by atoms with Gasteiger partial charge in [-0.15, -0.1) is 0 Å². The molecule has 1 aromatic rings. The predicted molar refractivity (Wildman–Crippen MR) is 66.8 cm³/mol. The van der Waals surface area contributed by atoms with E-state index in [1.165, 1.54) is 16.8 Å². The first-order valence-corrected chi connectivity index (χ1v) is 6.14. The number of rotatable bonds is 3. The van der Waals surface area contributed by atoms with Crippen molar-refractivity contribution in [1.29, 1.82) is 0 Å². The quantitative estimate of drug-likeness (QED) is 0.852. The van der Waals surface area contributed by atoms with Crippen LogP contribution in [0.25, 0.3) is 0 Å². The second kappa shape index (κ2) is 4.54. The van der Waals surface area contributed by atoms with Gasteiger partial charge in [-0.2, -0.15) is 0 Å². The average molecular weight is 270 g/mol. The average Bonchev–Trinajstić information content (AvgIpc) is 2.57. The van der Waals surface area contributed by atoms with E-state index in [1.807, 2.05) is 0 Å². The summed E-state index contributed by atoms with van der Waals surface area (Å²) in [5, 5.41) is 3.47. The Bertz CT molecular complexity index is 353. The second-order valence-corrected chi connectivity index (χ2v) is 5.19. The molecule has 2 nitrogen and oxygen atoms in total. The molecule has 2 unspecified atom stereocenters. The molecule has 0 bridgehead atoms. The predicted octanol–water partition coefficient (Wildman–Crippen LogP) is 3.13. The van der Waals surface area contributed by atoms with Crippen molar-refractivity contribution in [2.45, 2.75) is 24.2 Å². The molecule has 3 heteroatoms. The first-order chi connectivity index (χ1) is 7.20. The Morgan fingerprint density at radius 2 is 2.40 bits per heavy atom. The van der Waals surface area contributed by atoms with Crippen molar-refractivity contribution >= 4 is 21.6 Å². The molecule has 0 spiro atoms. The zero-order valence-corrected chi connectivity index (χ0v) is 10.7. The van der Waals surface area contributed by atoms with E-state index < -0.39 is 0 Å². The van der Waals surface area contributed by atoms with Crippen LogP contribution in [0.15, 0.2) is 18.2 Å². The van der Waals surface area contributed by atoms with Crippen LogP contribution >= 0.6 is 15.9 Å². The summed E-state index contributed by atoms with van der Waals surface area (Å²) < 4.78 is 5.13. The van der Waals surface area contributed by atoms with Crippen LogP contribution in [0.5, 0.6) is 0 Å². The van der Waals surface area contributed by atoms with Gasteiger partial charge in [-0.25, -0.2) is 0 Å². The lowest BCUT2D eigenvalue weighted by atomic mass is 10.1. The van der Waals surface area contributed by atoms with E-state index in [4.69, 9.17) is 4.74 Å². The Labute approximate surface area is 99.1 Å². The van der Waals surface area contributed by atoms with Crippen molar-refractivity contribution in [3.05, 3.63) is 29.3 Å². The highest BCUT2D eigenvalue weighted by atomic mass is 79.9. The van der Waals surface area contributed by atoms with Crippen molar-refractivity contribution < 1.29 is 4.74 Å². The summed E-state index contributed by atoms with van der Waals surface area (Å²) in [4.78, 5) is 0.283. The number of alkyl halides is 1. The molecule has 15 heavy (non-hydrogen) atoms. The van der Waals surface area contributed by atoms with Gasteiger partial charge in [0.25, 0.3) is 0 Å². The van der Waals surface area contributed by atoms with Gasteiger partial charge in [0.2, 0.25) is 0 Å². The highest BCUT2D eigenvalue weighted by Crippen LogP contribution is 2.31. The third-order valence-electron chi connectivity index (χ3n) is 2.74. The van der Waals surface area contributed by atoms with Gasteiger partial charge in [0.1, 0.15) is 0 Å². The number of hydrogen-bond acceptors (Lipinski definition) is 2. The normalized spacial score (nSPS) is 20.9. The van der Waals surface area contributed by atoms with Crippen LogP contribution in [-0.2, 0) is 11.2 Å². The molecule has 2 rings (SSSR count). The Balaban J connectivity index is 2.19. The fourth-order valence-corrected chi connectivity index (χ4v) is 2.54. The number of ether oxygens (including phenoxy) is 1. The molecule has 1 heterocycles. The van der Waals surface area contributed by atoms with Gasteiger partial charge >= 0.3 is 0 Å². The Kier molecular flexibility index (Phi) is 3.32. The van der Waals surface area contributed by atoms with Gasteiger partial charge in [0.15, 0.2) is 0 Å². The van der Waals surface area contributed by atoms with Crippen LogP contribution in [0.2, 0.25) is 0 Å². The van der Waals surface area contributed by atoms with Crippen molar-refractivity contribution in [2.24, 2.45) is 0 Å². The van der Waals surface area contributed by atoms with Gasteiger partial charge < -0.3 is 10.1 Å². The summed E-state index contributed by atoms with van der Waals surface area (Å²) in [6.07, 6.45) is 1.13. The maximum atomic E-state index is 5.13. The second-order valence-electron chi connectivity index (χ2n) is 4.09. The van der Waals surface area contributed by atoms with Crippen molar-refractivity contribution in [1.82, 2.24) is 0 Å². The number of benzene rings is 1. The molecular formula is C12H16BrNO. The van der Waals surface area contributed by atoms with Crippen LogP contribution in [0.3, 0.4) is 0 Å². The third-order valence-corrected chi connectivity index (χ3v) is 3.53. The van der Waals surface area contributed by atoms with Gasteiger partial charge in [-0.3, -0.25) is 0 Å². The Hall–Kier alpha value is -0.540. The molecular weight excluding hydrogens is 254 g/mol. The fourth-order valence-electron chi connectivity index (χ4n) is 1.99. The Morgan fingerprint density at radius 3 is 3.13 bits per heavy atom. The highest BCUT2D eigenvalue weighted by Gasteiger charge is 2.18. The molecule has 1 aliphatic heterocycles. The van der Waals surface area contributed by atoms with E-state index in [1.54, 1.807) is 7.11 Å². The van der Waals surface area contributed by atoms with Crippen molar-refractivity contribution in [3.63, 3.8) is 0 Å². The van der Waals surface area contributed by atoms with Crippen LogP contribution in [0.4, 0.5) is 5.69 Å². The summed E-state index contributed by atoms with van der Waals surface area (Å²) in [5.74, 6) is 0. The SMILES string of the molecule is COCC(Br)c1ccc2c(c1)NC(C)C2. The van der Waals surface area contributed by atoms with E-state index in [0.29, 0.717) is 12.6 Å². The monoisotopic (exact) mass is 269 g/mol. The topological polar surface area (TPSA) is 21.3 Å². The van der Waals surface area contributed by atoms with E-state index in [-0.39, 0.29) is 4.83 Å². The zero-order chi connectivity index (χ0) is 10.8. The molecule has 0 fully saturated rings. The lowest BCUT2D eigenvalue weighted by Crippen LogP contribution is -2.08. The van der Waals surface area contributed by atoms with Crippen LogP contribution in [0.1, 0.15) is 22.9 Å². The third kappa shape index (κ3) is 2.34. The van der Waals surface area contributed by atoms with E-state index >= 15 is 0 Å². The van der Waals surface area contributed by atoms with Crippen molar-refractivity contribution in [3.8, 4) is 0 Å². The number of anilines is 1. The number of halogens is 1. The first kappa shape index (κ1) is 11.0. The molecule has 82 valence electrons. The molecule has 0 aromatic heterocycles. The summed E-state index contributed by atoms with van der Waals surface area (Å²) in [6.45, 7) is 2.91. The van der Waals surface area contributed by atoms with Gasteiger partial charge in [0.05, 0.1) is 11.4 Å². The molecule has 0 saturated heterocycles. The minimum absolute atomic E-state index is 0.283. The van der Waals surface area contributed by atoms with Crippen molar-refractivity contribution in [2.75, 3.05) is 19.0 Å². The van der Waals surface area contributed by atoms with Gasteiger partial charge in [-0.05, 0) is 30.5 Å². The molecule has 1 aromatic carbocycles. The number of fused-ring (bicyclic) bond motifs is 1. The van der Waals surface area contributed by atoms with Crippen LogP contribution in [0, 0.1) is 0 Å². The summed E-state index contributed by atoms with van der Waals surface area (Å²) in [6, 6.07) is 7.17. The molecule has 1 N–H and O–H groups in total.